The van der Waals surface area contributed by atoms with Gasteiger partial charge < -0.3 is 36.9 Å². The first-order valence-electron chi connectivity index (χ1n) is 16.1. The maximum Gasteiger partial charge on any atom is 0.312 e. The molecule has 0 saturated heterocycles. The summed E-state index contributed by atoms with van der Waals surface area (Å²) in [5.74, 6) is -1.02. The van der Waals surface area contributed by atoms with Crippen LogP contribution in [0.2, 0.25) is 0 Å². The molecular weight excluding hydrogens is 606 g/mol. The zero-order valence-electron chi connectivity index (χ0n) is 28.5. The monoisotopic (exact) mass is 661 g/mol. The highest BCUT2D eigenvalue weighted by molar-refractivity contribution is 6.07. The third-order valence-electron chi connectivity index (χ3n) is 6.77. The quantitative estimate of drug-likeness (QED) is 0.0824. The maximum absolute atomic E-state index is 12.6. The molecule has 0 heterocycles. The second-order valence-corrected chi connectivity index (χ2v) is 10.8. The molecular formula is C34H55N5O8. The van der Waals surface area contributed by atoms with E-state index in [0.29, 0.717) is 38.0 Å². The number of rotatable bonds is 17. The van der Waals surface area contributed by atoms with Crippen LogP contribution in [-0.4, -0.2) is 66.8 Å². The molecule has 13 heteroatoms. The van der Waals surface area contributed by atoms with Crippen molar-refractivity contribution in [2.45, 2.75) is 98.5 Å². The first-order valence-corrected chi connectivity index (χ1v) is 16.1. The van der Waals surface area contributed by atoms with Crippen LogP contribution >= 0.6 is 0 Å². The Morgan fingerprint density at radius 1 is 0.830 bits per heavy atom. The van der Waals surface area contributed by atoms with Gasteiger partial charge in [-0.05, 0) is 68.9 Å². The lowest BCUT2D eigenvalue weighted by Gasteiger charge is -2.38. The number of aliphatic hydroxyl groups excluding tert-OH is 1. The van der Waals surface area contributed by atoms with Crippen LogP contribution in [0.25, 0.3) is 0 Å². The number of carbonyl (C=O) groups excluding carboxylic acids is 7. The van der Waals surface area contributed by atoms with Gasteiger partial charge in [-0.2, -0.15) is 0 Å². The molecule has 13 nitrogen and oxygen atoms in total. The van der Waals surface area contributed by atoms with Gasteiger partial charge in [-0.1, -0.05) is 58.6 Å². The van der Waals surface area contributed by atoms with E-state index in [2.05, 4.69) is 28.2 Å². The lowest BCUT2D eigenvalue weighted by atomic mass is 9.67. The van der Waals surface area contributed by atoms with E-state index in [9.17, 15) is 28.8 Å². The molecule has 0 radical (unpaired) electrons. The molecule has 1 aliphatic rings. The minimum absolute atomic E-state index is 0.0256. The molecule has 264 valence electrons. The molecule has 1 saturated carbocycles. The predicted octanol–water partition coefficient (Wildman–Crippen LogP) is 3.48. The number of unbranched alkanes of at least 4 members (excludes halogenated alkanes) is 3. The van der Waals surface area contributed by atoms with E-state index in [0.717, 1.165) is 50.5 Å². The second kappa shape index (κ2) is 27.9. The lowest BCUT2D eigenvalue weighted by Crippen LogP contribution is -2.56. The first-order chi connectivity index (χ1) is 22.4. The van der Waals surface area contributed by atoms with Crippen LogP contribution in [0.1, 0.15) is 97.5 Å². The molecule has 7 N–H and O–H groups in total. The van der Waals surface area contributed by atoms with Gasteiger partial charge >= 0.3 is 6.03 Å². The van der Waals surface area contributed by atoms with Gasteiger partial charge in [-0.25, -0.2) is 4.79 Å². The Morgan fingerprint density at radius 2 is 1.45 bits per heavy atom. The number of primary amides is 1. The first kappa shape index (κ1) is 44.7. The van der Waals surface area contributed by atoms with Crippen LogP contribution in [0.15, 0.2) is 36.4 Å². The van der Waals surface area contributed by atoms with E-state index in [1.165, 1.54) is 19.1 Å². The van der Waals surface area contributed by atoms with E-state index in [1.807, 2.05) is 20.6 Å². The van der Waals surface area contributed by atoms with Gasteiger partial charge in [0.1, 0.15) is 12.2 Å². The molecule has 0 spiro atoms. The van der Waals surface area contributed by atoms with Crippen molar-refractivity contribution in [2.75, 3.05) is 25.0 Å². The van der Waals surface area contributed by atoms with Crippen molar-refractivity contribution < 1.29 is 38.7 Å². The minimum atomic E-state index is -1.03. The fraction of sp³-hybridized carbons (Fsp3) is 0.559. The van der Waals surface area contributed by atoms with Crippen molar-refractivity contribution >= 4 is 47.8 Å². The van der Waals surface area contributed by atoms with Crippen molar-refractivity contribution in [2.24, 2.45) is 11.1 Å². The van der Waals surface area contributed by atoms with Crippen LogP contribution in [0.3, 0.4) is 0 Å². The molecule has 1 aromatic rings. The number of aliphatic hydroxyl groups is 1. The van der Waals surface area contributed by atoms with Gasteiger partial charge in [0.25, 0.3) is 0 Å². The third kappa shape index (κ3) is 21.1. The summed E-state index contributed by atoms with van der Waals surface area (Å²) in [6.07, 6.45) is 11.1. The largest absolute Gasteiger partial charge is 0.392 e. The Morgan fingerprint density at radius 3 is 1.89 bits per heavy atom. The molecule has 2 rings (SSSR count). The van der Waals surface area contributed by atoms with Crippen LogP contribution < -0.4 is 27.0 Å². The van der Waals surface area contributed by atoms with Gasteiger partial charge in [-0.3, -0.25) is 24.0 Å². The molecule has 1 aromatic carbocycles. The van der Waals surface area contributed by atoms with Crippen molar-refractivity contribution in [3.05, 3.63) is 42.0 Å². The highest BCUT2D eigenvalue weighted by Crippen LogP contribution is 2.41. The number of carbonyl (C=O) groups is 7. The van der Waals surface area contributed by atoms with E-state index >= 15 is 0 Å². The highest BCUT2D eigenvalue weighted by atomic mass is 16.3. The van der Waals surface area contributed by atoms with E-state index in [4.69, 9.17) is 15.6 Å². The molecule has 1 fully saturated rings. The van der Waals surface area contributed by atoms with Crippen molar-refractivity contribution in [3.8, 4) is 0 Å². The number of hydrogen-bond donors (Lipinski definition) is 6. The van der Waals surface area contributed by atoms with E-state index in [1.54, 1.807) is 24.3 Å². The van der Waals surface area contributed by atoms with Gasteiger partial charge in [0.15, 0.2) is 11.6 Å². The smallest absolute Gasteiger partial charge is 0.312 e. The van der Waals surface area contributed by atoms with Crippen molar-refractivity contribution in [1.82, 2.24) is 16.0 Å². The van der Waals surface area contributed by atoms with Gasteiger partial charge in [0, 0.05) is 25.2 Å². The van der Waals surface area contributed by atoms with E-state index in [-0.39, 0.29) is 42.4 Å². The van der Waals surface area contributed by atoms with Crippen LogP contribution in [0.5, 0.6) is 0 Å². The summed E-state index contributed by atoms with van der Waals surface area (Å²) in [6, 6.07) is 6.35. The minimum Gasteiger partial charge on any atom is -0.392 e. The summed E-state index contributed by atoms with van der Waals surface area (Å²) in [7, 11) is 0. The van der Waals surface area contributed by atoms with Gasteiger partial charge in [-0.15, -0.1) is 0 Å². The lowest BCUT2D eigenvalue weighted by molar-refractivity contribution is -0.150. The topological polar surface area (TPSA) is 214 Å². The number of urea groups is 1. The highest BCUT2D eigenvalue weighted by Gasteiger charge is 2.50. The Kier molecular flexibility index (Phi) is 26.5. The Balaban J connectivity index is 0. The second-order valence-electron chi connectivity index (χ2n) is 10.8. The number of amides is 5. The Labute approximate surface area is 278 Å². The number of nitrogens with two attached hydrogens (primary N) is 1. The normalized spacial score (nSPS) is 12.2. The molecule has 0 unspecified atom stereocenters. The molecule has 0 atom stereocenters. The zero-order chi connectivity index (χ0) is 36.1. The number of benzene rings is 1. The fourth-order valence-corrected chi connectivity index (χ4v) is 4.03. The third-order valence-corrected chi connectivity index (χ3v) is 6.77. The van der Waals surface area contributed by atoms with Crippen molar-refractivity contribution in [1.29, 1.82) is 0 Å². The molecule has 1 aliphatic carbocycles. The number of allylic oxidation sites excluding steroid dienone is 2. The molecule has 0 aromatic heterocycles. The fourth-order valence-electron chi connectivity index (χ4n) is 4.03. The molecule has 0 aliphatic heterocycles. The van der Waals surface area contributed by atoms with E-state index < -0.39 is 11.4 Å². The van der Waals surface area contributed by atoms with Crippen LogP contribution in [0, 0.1) is 5.41 Å². The van der Waals surface area contributed by atoms with Crippen LogP contribution in [0.4, 0.5) is 10.5 Å². The average molecular weight is 662 g/mol. The maximum atomic E-state index is 12.6. The zero-order valence-corrected chi connectivity index (χ0v) is 28.5. The molecule has 0 bridgehead atoms. The summed E-state index contributed by atoms with van der Waals surface area (Å²) in [4.78, 5) is 76.1. The average Bonchev–Trinajstić information content (AvgIpc) is 3.03. The number of ketones is 2. The van der Waals surface area contributed by atoms with Crippen LogP contribution in [-0.2, 0) is 35.4 Å². The SMILES string of the molecule is C=O.CCCC(=O)/C=C\C(C)=O.CCCCCCNC(=O)C1(C(=O)NCC(=O)Nc2ccc(CO)cc2)CCC1.CCCNC(N)=O. The predicted molar refractivity (Wildman–Crippen MR) is 182 cm³/mol. The number of hydrogen-bond acceptors (Lipinski definition) is 8. The summed E-state index contributed by atoms with van der Waals surface area (Å²) in [5, 5.41) is 19.6. The van der Waals surface area contributed by atoms with Gasteiger partial charge in [0.05, 0.1) is 13.2 Å². The summed E-state index contributed by atoms with van der Waals surface area (Å²) in [6.45, 7) is 10.5. The molecule has 47 heavy (non-hydrogen) atoms. The standard InChI is InChI=1S/C21H31N3O4.C8H12O2.C4H10N2O.CH2O/c1-2-3-4-5-13-22-19(27)21(11-6-12-21)20(28)23-14-18(26)24-17-9-7-16(15-25)8-10-17;1-3-4-8(10)6-5-7(2)9;1-2-3-6-4(5)7;1-2/h7-10,25H,2-6,11-15H2,1H3,(H,22,27)(H,23,28)(H,24,26);5-6H,3-4H2,1-2H3;2-3H2,1H3,(H3,5,6,7);1H2/b;6-5-;;. The summed E-state index contributed by atoms with van der Waals surface area (Å²) >= 11 is 0. The Hall–Kier alpha value is -4.39. The summed E-state index contributed by atoms with van der Waals surface area (Å²) in [5.41, 5.74) is 5.03. The van der Waals surface area contributed by atoms with Crippen molar-refractivity contribution in [3.63, 3.8) is 0 Å². The Bertz CT molecular complexity index is 1120. The molecule has 5 amide bonds. The number of anilines is 1. The van der Waals surface area contributed by atoms with Gasteiger partial charge in [0.2, 0.25) is 17.7 Å². The number of nitrogens with one attached hydrogen (secondary N) is 4. The summed E-state index contributed by atoms with van der Waals surface area (Å²) < 4.78 is 0.